The largest absolute Gasteiger partial charge is 0.394 e. The molecule has 0 aliphatic heterocycles. The van der Waals surface area contributed by atoms with E-state index in [0.29, 0.717) is 12.0 Å². The molecule has 5 nitrogen and oxygen atoms in total. The van der Waals surface area contributed by atoms with E-state index in [4.69, 9.17) is 5.11 Å². The van der Waals surface area contributed by atoms with Crippen LogP contribution in [0.25, 0.3) is 0 Å². The van der Waals surface area contributed by atoms with Crippen LogP contribution >= 0.6 is 0 Å². The quantitative estimate of drug-likeness (QED) is 0.493. The normalized spacial score (nSPS) is 23.2. The summed E-state index contributed by atoms with van der Waals surface area (Å²) in [5.41, 5.74) is 0.484. The van der Waals surface area contributed by atoms with Gasteiger partial charge in [0.1, 0.15) is 11.7 Å². The maximum Gasteiger partial charge on any atom is 0.173 e. The number of nitrogens with zero attached hydrogens (tertiary/aromatic N) is 1. The highest BCUT2D eigenvalue weighted by Gasteiger charge is 2.40. The van der Waals surface area contributed by atoms with Crippen LogP contribution in [0.15, 0.2) is 35.3 Å². The Morgan fingerprint density at radius 2 is 2.04 bits per heavy atom. The zero-order valence-electron chi connectivity index (χ0n) is 13.1. The van der Waals surface area contributed by atoms with Crippen molar-refractivity contribution >= 4 is 23.6 Å². The van der Waals surface area contributed by atoms with Gasteiger partial charge in [-0.3, -0.25) is 19.4 Å². The molecule has 1 aromatic rings. The average molecular weight is 315 g/mol. The van der Waals surface area contributed by atoms with Crippen LogP contribution in [0.1, 0.15) is 36.5 Å². The Balaban J connectivity index is 2.17. The molecule has 5 heteroatoms. The lowest BCUT2D eigenvalue weighted by Gasteiger charge is -2.24. The zero-order chi connectivity index (χ0) is 16.8. The average Bonchev–Trinajstić information content (AvgIpc) is 2.58. The molecule has 2 rings (SSSR count). The van der Waals surface area contributed by atoms with Crippen LogP contribution in [-0.2, 0) is 9.59 Å². The Bertz CT molecular complexity index is 605. The van der Waals surface area contributed by atoms with Crippen LogP contribution in [0, 0.1) is 11.8 Å². The lowest BCUT2D eigenvalue weighted by atomic mass is 9.76. The van der Waals surface area contributed by atoms with Crippen molar-refractivity contribution in [3.05, 3.63) is 35.9 Å². The Kier molecular flexibility index (Phi) is 5.93. The molecule has 0 amide bonds. The second-order valence-electron chi connectivity index (χ2n) is 5.71. The molecule has 3 atom stereocenters. The van der Waals surface area contributed by atoms with Crippen molar-refractivity contribution in [1.82, 2.24) is 0 Å². The topological polar surface area (TPSA) is 83.8 Å². The molecule has 122 valence electrons. The van der Waals surface area contributed by atoms with Crippen molar-refractivity contribution in [2.24, 2.45) is 16.8 Å². The van der Waals surface area contributed by atoms with E-state index in [1.54, 1.807) is 30.3 Å². The molecule has 1 aliphatic carbocycles. The third-order valence-electron chi connectivity index (χ3n) is 4.18. The predicted molar refractivity (Wildman–Crippen MR) is 86.7 cm³/mol. The SMILES string of the molecule is CC[C@H](CO)N=CC1C(=O)CC[C@H](C(=O)c2ccccc2)C1=O. The molecule has 1 aliphatic rings. The monoisotopic (exact) mass is 315 g/mol. The summed E-state index contributed by atoms with van der Waals surface area (Å²) in [5.74, 6) is -2.59. The molecule has 1 saturated carbocycles. The molecule has 0 saturated heterocycles. The van der Waals surface area contributed by atoms with E-state index < -0.39 is 11.8 Å². The Morgan fingerprint density at radius 1 is 1.35 bits per heavy atom. The van der Waals surface area contributed by atoms with E-state index in [1.807, 2.05) is 6.92 Å². The fourth-order valence-electron chi connectivity index (χ4n) is 2.67. The first-order chi connectivity index (χ1) is 11.1. The second kappa shape index (κ2) is 7.92. The predicted octanol–water partition coefficient (Wildman–Crippen LogP) is 1.88. The van der Waals surface area contributed by atoms with Crippen molar-refractivity contribution in [2.45, 2.75) is 32.2 Å². The summed E-state index contributed by atoms with van der Waals surface area (Å²) in [6, 6.07) is 8.33. The molecule has 0 bridgehead atoms. The summed E-state index contributed by atoms with van der Waals surface area (Å²) in [4.78, 5) is 41.2. The fraction of sp³-hybridized carbons (Fsp3) is 0.444. The Labute approximate surface area is 135 Å². The minimum Gasteiger partial charge on any atom is -0.394 e. The van der Waals surface area contributed by atoms with Gasteiger partial charge in [0.2, 0.25) is 0 Å². The summed E-state index contributed by atoms with van der Waals surface area (Å²) < 4.78 is 0. The Hall–Kier alpha value is -2.14. The van der Waals surface area contributed by atoms with Crippen molar-refractivity contribution in [3.63, 3.8) is 0 Å². The van der Waals surface area contributed by atoms with Crippen molar-refractivity contribution in [3.8, 4) is 0 Å². The molecular formula is C18H21NO4. The molecule has 1 N–H and O–H groups in total. The number of aliphatic hydroxyl groups is 1. The highest BCUT2D eigenvalue weighted by Crippen LogP contribution is 2.26. The van der Waals surface area contributed by atoms with Crippen molar-refractivity contribution in [1.29, 1.82) is 0 Å². The fourth-order valence-corrected chi connectivity index (χ4v) is 2.67. The Morgan fingerprint density at radius 3 is 2.65 bits per heavy atom. The third-order valence-corrected chi connectivity index (χ3v) is 4.18. The van der Waals surface area contributed by atoms with E-state index >= 15 is 0 Å². The maximum atomic E-state index is 12.5. The molecule has 0 radical (unpaired) electrons. The first-order valence-electron chi connectivity index (χ1n) is 7.88. The minimum absolute atomic E-state index is 0.130. The van der Waals surface area contributed by atoms with Gasteiger partial charge in [-0.15, -0.1) is 0 Å². The number of carbonyl (C=O) groups excluding carboxylic acids is 3. The highest BCUT2D eigenvalue weighted by atomic mass is 16.3. The number of benzene rings is 1. The summed E-state index contributed by atoms with van der Waals surface area (Å²) in [7, 11) is 0. The van der Waals surface area contributed by atoms with E-state index in [-0.39, 0.29) is 42.8 Å². The number of rotatable bonds is 6. The number of hydrogen-bond donors (Lipinski definition) is 1. The second-order valence-corrected chi connectivity index (χ2v) is 5.71. The number of aliphatic hydroxyl groups excluding tert-OH is 1. The number of aliphatic imine (C=N–C) groups is 1. The van der Waals surface area contributed by atoms with Gasteiger partial charge in [-0.2, -0.15) is 0 Å². The van der Waals surface area contributed by atoms with E-state index in [9.17, 15) is 14.4 Å². The highest BCUT2D eigenvalue weighted by molar-refractivity contribution is 6.23. The molecule has 0 spiro atoms. The minimum atomic E-state index is -0.970. The van der Waals surface area contributed by atoms with E-state index in [1.165, 1.54) is 6.21 Å². The lowest BCUT2D eigenvalue weighted by Crippen LogP contribution is -2.40. The summed E-state index contributed by atoms with van der Waals surface area (Å²) in [6.45, 7) is 1.74. The zero-order valence-corrected chi connectivity index (χ0v) is 13.1. The molecule has 1 fully saturated rings. The first kappa shape index (κ1) is 17.2. The van der Waals surface area contributed by atoms with Gasteiger partial charge in [-0.1, -0.05) is 37.3 Å². The van der Waals surface area contributed by atoms with Gasteiger partial charge in [0, 0.05) is 18.2 Å². The van der Waals surface area contributed by atoms with Gasteiger partial charge in [0.15, 0.2) is 11.6 Å². The third kappa shape index (κ3) is 3.99. The van der Waals surface area contributed by atoms with Crippen LogP contribution in [0.3, 0.4) is 0 Å². The van der Waals surface area contributed by atoms with Gasteiger partial charge < -0.3 is 5.11 Å². The van der Waals surface area contributed by atoms with Crippen molar-refractivity contribution < 1.29 is 19.5 Å². The molecule has 0 heterocycles. The van der Waals surface area contributed by atoms with Gasteiger partial charge >= 0.3 is 0 Å². The standard InChI is InChI=1S/C18H21NO4/c1-2-13(11-20)19-10-15-16(21)9-8-14(18(15)23)17(22)12-6-4-3-5-7-12/h3-7,10,13-15,20H,2,8-9,11H2,1H3/t13-,14-,15?/m1/s1. The van der Waals surface area contributed by atoms with Gasteiger partial charge in [0.05, 0.1) is 18.6 Å². The molecule has 23 heavy (non-hydrogen) atoms. The summed E-state index contributed by atoms with van der Waals surface area (Å²) >= 11 is 0. The van der Waals surface area contributed by atoms with Gasteiger partial charge in [0.25, 0.3) is 0 Å². The van der Waals surface area contributed by atoms with Gasteiger partial charge in [-0.05, 0) is 12.8 Å². The van der Waals surface area contributed by atoms with E-state index in [0.717, 1.165) is 0 Å². The van der Waals surface area contributed by atoms with Crippen LogP contribution in [0.5, 0.6) is 0 Å². The van der Waals surface area contributed by atoms with Crippen LogP contribution in [0.4, 0.5) is 0 Å². The number of hydrogen-bond acceptors (Lipinski definition) is 5. The first-order valence-corrected chi connectivity index (χ1v) is 7.88. The lowest BCUT2D eigenvalue weighted by molar-refractivity contribution is -0.134. The number of carbonyl (C=O) groups is 3. The van der Waals surface area contributed by atoms with Crippen LogP contribution in [-0.4, -0.2) is 41.3 Å². The molecule has 0 aromatic heterocycles. The molecular weight excluding hydrogens is 294 g/mol. The smallest absolute Gasteiger partial charge is 0.173 e. The van der Waals surface area contributed by atoms with Crippen molar-refractivity contribution in [2.75, 3.05) is 6.61 Å². The van der Waals surface area contributed by atoms with Crippen LogP contribution < -0.4 is 0 Å². The summed E-state index contributed by atoms with van der Waals surface area (Å²) in [6.07, 6.45) is 2.39. The number of Topliss-reactive ketones (excluding diaryl/α,β-unsaturated/α-hetero) is 3. The maximum absolute atomic E-state index is 12.5. The van der Waals surface area contributed by atoms with Gasteiger partial charge in [-0.25, -0.2) is 0 Å². The molecule has 1 unspecified atom stereocenters. The van der Waals surface area contributed by atoms with E-state index in [2.05, 4.69) is 4.99 Å². The number of ketones is 3. The summed E-state index contributed by atoms with van der Waals surface area (Å²) in [5, 5.41) is 9.14. The van der Waals surface area contributed by atoms with Crippen LogP contribution in [0.2, 0.25) is 0 Å². The molecule has 1 aromatic carbocycles.